The molecule has 2 aliphatic rings. The van der Waals surface area contributed by atoms with Crippen molar-refractivity contribution in [1.29, 1.82) is 0 Å². The van der Waals surface area contributed by atoms with Crippen LogP contribution in [0.15, 0.2) is 54.6 Å². The molecule has 0 bridgehead atoms. The van der Waals surface area contributed by atoms with Crippen molar-refractivity contribution in [2.75, 3.05) is 11.5 Å². The summed E-state index contributed by atoms with van der Waals surface area (Å²) < 4.78 is 19.8. The Labute approximate surface area is 167 Å². The molecular weight excluding hydrogens is 375 g/mol. The molecule has 6 nitrogen and oxygen atoms in total. The SMILES string of the molecule is CCOC(=O)[C@]1(C)N[C@H](c2ccccc2F)[C@@H]2C(=O)N(c3ccccc3)C(=O)[C@@H]21. The van der Waals surface area contributed by atoms with Crippen LogP contribution in [0, 0.1) is 17.7 Å². The average molecular weight is 396 g/mol. The highest BCUT2D eigenvalue weighted by Crippen LogP contribution is 2.50. The van der Waals surface area contributed by atoms with Crippen LogP contribution in [0.2, 0.25) is 0 Å². The molecule has 1 N–H and O–H groups in total. The number of carbonyl (C=O) groups is 3. The summed E-state index contributed by atoms with van der Waals surface area (Å²) in [6.07, 6.45) is 0. The normalized spacial score (nSPS) is 28.5. The molecule has 2 amide bonds. The number of ether oxygens (including phenoxy) is 1. The van der Waals surface area contributed by atoms with Gasteiger partial charge in [-0.1, -0.05) is 36.4 Å². The van der Waals surface area contributed by atoms with Gasteiger partial charge >= 0.3 is 5.97 Å². The fourth-order valence-corrected chi connectivity index (χ4v) is 4.43. The minimum absolute atomic E-state index is 0.127. The highest BCUT2D eigenvalue weighted by atomic mass is 19.1. The van der Waals surface area contributed by atoms with Crippen LogP contribution in [-0.2, 0) is 19.1 Å². The van der Waals surface area contributed by atoms with Crippen LogP contribution in [0.25, 0.3) is 0 Å². The number of rotatable bonds is 4. The van der Waals surface area contributed by atoms with E-state index in [2.05, 4.69) is 5.32 Å². The molecule has 2 fully saturated rings. The maximum absolute atomic E-state index is 14.6. The lowest BCUT2D eigenvalue weighted by molar-refractivity contribution is -0.153. The van der Waals surface area contributed by atoms with Crippen LogP contribution in [-0.4, -0.2) is 29.9 Å². The van der Waals surface area contributed by atoms with Crippen LogP contribution in [0.1, 0.15) is 25.5 Å². The summed E-state index contributed by atoms with van der Waals surface area (Å²) in [5.74, 6) is -4.01. The average Bonchev–Trinajstić information content (AvgIpc) is 3.17. The van der Waals surface area contributed by atoms with Crippen molar-refractivity contribution in [1.82, 2.24) is 5.32 Å². The van der Waals surface area contributed by atoms with E-state index < -0.39 is 47.0 Å². The number of amides is 2. The van der Waals surface area contributed by atoms with Gasteiger partial charge < -0.3 is 4.74 Å². The third kappa shape index (κ3) is 2.84. The van der Waals surface area contributed by atoms with E-state index in [9.17, 15) is 18.8 Å². The van der Waals surface area contributed by atoms with E-state index in [1.54, 1.807) is 62.4 Å². The van der Waals surface area contributed by atoms with E-state index >= 15 is 0 Å². The molecular formula is C22H21FN2O4. The number of anilines is 1. The van der Waals surface area contributed by atoms with Crippen molar-refractivity contribution >= 4 is 23.5 Å². The summed E-state index contributed by atoms with van der Waals surface area (Å²) in [6.45, 7) is 3.34. The van der Waals surface area contributed by atoms with Crippen LogP contribution in [0.4, 0.5) is 10.1 Å². The highest BCUT2D eigenvalue weighted by molar-refractivity contribution is 6.24. The van der Waals surface area contributed by atoms with Gasteiger partial charge in [0.25, 0.3) is 0 Å². The number of nitrogens with one attached hydrogen (secondary N) is 1. The molecule has 0 aromatic heterocycles. The molecule has 7 heteroatoms. The number of carbonyl (C=O) groups excluding carboxylic acids is 3. The smallest absolute Gasteiger partial charge is 0.326 e. The fourth-order valence-electron chi connectivity index (χ4n) is 4.43. The third-order valence-electron chi connectivity index (χ3n) is 5.74. The summed E-state index contributed by atoms with van der Waals surface area (Å²) in [6, 6.07) is 13.8. The number of para-hydroxylation sites is 1. The van der Waals surface area contributed by atoms with Crippen molar-refractivity contribution in [2.45, 2.75) is 25.4 Å². The second kappa shape index (κ2) is 7.08. The van der Waals surface area contributed by atoms with Gasteiger partial charge in [0, 0.05) is 11.6 Å². The lowest BCUT2D eigenvalue weighted by Gasteiger charge is -2.29. The van der Waals surface area contributed by atoms with Gasteiger partial charge in [-0.05, 0) is 32.0 Å². The first-order chi connectivity index (χ1) is 13.9. The monoisotopic (exact) mass is 396 g/mol. The first-order valence-electron chi connectivity index (χ1n) is 9.52. The third-order valence-corrected chi connectivity index (χ3v) is 5.74. The van der Waals surface area contributed by atoms with Crippen molar-refractivity contribution in [2.24, 2.45) is 11.8 Å². The molecule has 0 unspecified atom stereocenters. The molecule has 150 valence electrons. The number of imide groups is 1. The molecule has 2 heterocycles. The van der Waals surface area contributed by atoms with Gasteiger partial charge in [0.05, 0.1) is 24.1 Å². The largest absolute Gasteiger partial charge is 0.465 e. The molecule has 4 atom stereocenters. The number of benzene rings is 2. The van der Waals surface area contributed by atoms with Crippen molar-refractivity contribution in [3.63, 3.8) is 0 Å². The van der Waals surface area contributed by atoms with Gasteiger partial charge in [0.2, 0.25) is 11.8 Å². The predicted octanol–water partition coefficient (Wildman–Crippen LogP) is 2.60. The molecule has 0 spiro atoms. The maximum atomic E-state index is 14.6. The lowest BCUT2D eigenvalue weighted by Crippen LogP contribution is -2.54. The molecule has 4 rings (SSSR count). The van der Waals surface area contributed by atoms with Crippen molar-refractivity contribution < 1.29 is 23.5 Å². The van der Waals surface area contributed by atoms with Crippen molar-refractivity contribution in [3.8, 4) is 0 Å². The number of halogens is 1. The summed E-state index contributed by atoms with van der Waals surface area (Å²) >= 11 is 0. The second-order valence-corrected chi connectivity index (χ2v) is 7.42. The zero-order chi connectivity index (χ0) is 20.8. The standard InChI is InChI=1S/C22H21FN2O4/c1-3-29-21(28)22(2)17-16(18(24-22)14-11-7-8-12-15(14)23)19(26)25(20(17)27)13-9-5-4-6-10-13/h4-12,16-18,24H,3H2,1-2H3/t16-,17-,18-,22-/m1/s1. The van der Waals surface area contributed by atoms with E-state index in [0.29, 0.717) is 5.69 Å². The van der Waals surface area contributed by atoms with Crippen LogP contribution in [0.5, 0.6) is 0 Å². The molecule has 29 heavy (non-hydrogen) atoms. The maximum Gasteiger partial charge on any atom is 0.326 e. The molecule has 0 saturated carbocycles. The molecule has 2 saturated heterocycles. The first-order valence-corrected chi connectivity index (χ1v) is 9.52. The topological polar surface area (TPSA) is 75.7 Å². The molecule has 2 aliphatic heterocycles. The Morgan fingerprint density at radius 3 is 2.41 bits per heavy atom. The Bertz CT molecular complexity index is 980. The Kier molecular flexibility index (Phi) is 4.70. The summed E-state index contributed by atoms with van der Waals surface area (Å²) in [7, 11) is 0. The first kappa shape index (κ1) is 19.3. The second-order valence-electron chi connectivity index (χ2n) is 7.42. The van der Waals surface area contributed by atoms with E-state index in [4.69, 9.17) is 4.74 Å². The molecule has 2 aromatic rings. The van der Waals surface area contributed by atoms with E-state index in [0.717, 1.165) is 4.90 Å². The quantitative estimate of drug-likeness (QED) is 0.635. The van der Waals surface area contributed by atoms with Gasteiger partial charge in [-0.15, -0.1) is 0 Å². The molecule has 0 aliphatic carbocycles. The Morgan fingerprint density at radius 1 is 1.10 bits per heavy atom. The van der Waals surface area contributed by atoms with Crippen LogP contribution in [0.3, 0.4) is 0 Å². The van der Waals surface area contributed by atoms with Gasteiger partial charge in [-0.25, -0.2) is 9.29 Å². The zero-order valence-electron chi connectivity index (χ0n) is 16.1. The van der Waals surface area contributed by atoms with Gasteiger partial charge in [-0.3, -0.25) is 19.7 Å². The molecule has 2 aromatic carbocycles. The van der Waals surface area contributed by atoms with Gasteiger partial charge in [0.15, 0.2) is 0 Å². The minimum Gasteiger partial charge on any atom is -0.465 e. The van der Waals surface area contributed by atoms with Crippen LogP contribution < -0.4 is 10.2 Å². The summed E-state index contributed by atoms with van der Waals surface area (Å²) in [4.78, 5) is 40.6. The number of hydrogen-bond donors (Lipinski definition) is 1. The highest BCUT2D eigenvalue weighted by Gasteiger charge is 2.67. The van der Waals surface area contributed by atoms with Gasteiger partial charge in [0.1, 0.15) is 11.4 Å². The predicted molar refractivity (Wildman–Crippen MR) is 103 cm³/mol. The molecule has 0 radical (unpaired) electrons. The number of nitrogens with zero attached hydrogens (tertiary/aromatic N) is 1. The Balaban J connectivity index is 1.84. The minimum atomic E-state index is -1.45. The van der Waals surface area contributed by atoms with Gasteiger partial charge in [-0.2, -0.15) is 0 Å². The number of hydrogen-bond acceptors (Lipinski definition) is 5. The summed E-state index contributed by atoms with van der Waals surface area (Å²) in [5, 5.41) is 3.06. The number of esters is 1. The number of fused-ring (bicyclic) bond motifs is 1. The zero-order valence-corrected chi connectivity index (χ0v) is 16.1. The van der Waals surface area contributed by atoms with E-state index in [1.165, 1.54) is 6.07 Å². The fraction of sp³-hybridized carbons (Fsp3) is 0.318. The van der Waals surface area contributed by atoms with E-state index in [-0.39, 0.29) is 12.2 Å². The Morgan fingerprint density at radius 2 is 1.76 bits per heavy atom. The lowest BCUT2D eigenvalue weighted by atomic mass is 9.80. The Hall–Kier alpha value is -3.06. The van der Waals surface area contributed by atoms with Crippen molar-refractivity contribution in [3.05, 3.63) is 66.0 Å². The van der Waals surface area contributed by atoms with E-state index in [1.807, 2.05) is 0 Å². The summed E-state index contributed by atoms with van der Waals surface area (Å²) in [5.41, 5.74) is -0.786. The van der Waals surface area contributed by atoms with Crippen LogP contribution >= 0.6 is 0 Å².